The lowest BCUT2D eigenvalue weighted by atomic mass is 9.74. The van der Waals surface area contributed by atoms with Crippen LogP contribution in [0.5, 0.6) is 0 Å². The Morgan fingerprint density at radius 2 is 0.780 bits per heavy atom. The van der Waals surface area contributed by atoms with Crippen LogP contribution in [-0.4, -0.2) is 0 Å². The number of hydrogen-bond acceptors (Lipinski definition) is 3. The molecule has 4 bridgehead atoms. The van der Waals surface area contributed by atoms with Gasteiger partial charge in [-0.2, -0.15) is 0 Å². The highest BCUT2D eigenvalue weighted by Crippen LogP contribution is 2.70. The van der Waals surface area contributed by atoms with E-state index in [1.807, 2.05) is 11.3 Å². The smallest absolute Gasteiger partial charge is 0.0468 e. The molecule has 4 fully saturated rings. The lowest BCUT2D eigenvalue weighted by molar-refractivity contribution is 0.371. The summed E-state index contributed by atoms with van der Waals surface area (Å²) in [6, 6.07) is 73.7. The monoisotopic (exact) mass is 776 g/mol. The Morgan fingerprint density at radius 3 is 1.27 bits per heavy atom. The summed E-state index contributed by atoms with van der Waals surface area (Å²) in [6.45, 7) is 0. The zero-order valence-corrected chi connectivity index (χ0v) is 33.7. The summed E-state index contributed by atoms with van der Waals surface area (Å²) in [4.78, 5) is 4.71. The van der Waals surface area contributed by atoms with Crippen LogP contribution in [0.2, 0.25) is 0 Å². The first-order chi connectivity index (χ1) is 29.2. The second-order valence-corrected chi connectivity index (χ2v) is 18.2. The molecule has 59 heavy (non-hydrogen) atoms. The van der Waals surface area contributed by atoms with Crippen molar-refractivity contribution in [2.45, 2.75) is 31.1 Å². The second kappa shape index (κ2) is 13.9. The zero-order valence-electron chi connectivity index (χ0n) is 32.9. The van der Waals surface area contributed by atoms with E-state index in [-0.39, 0.29) is 0 Å². The fourth-order valence-electron chi connectivity index (χ4n) is 11.3. The summed E-state index contributed by atoms with van der Waals surface area (Å²) < 4.78 is 2.63. The molecule has 1 aromatic heterocycles. The molecule has 0 aliphatic heterocycles. The normalized spacial score (nSPS) is 20.2. The predicted octanol–water partition coefficient (Wildman–Crippen LogP) is 16.0. The van der Waals surface area contributed by atoms with Gasteiger partial charge in [0, 0.05) is 54.3 Å². The van der Waals surface area contributed by atoms with Crippen LogP contribution in [0, 0.1) is 17.8 Å². The molecule has 3 heteroatoms. The van der Waals surface area contributed by atoms with Gasteiger partial charge in [-0.1, -0.05) is 115 Å². The molecule has 13 rings (SSSR count). The van der Waals surface area contributed by atoms with E-state index in [1.54, 1.807) is 5.56 Å². The van der Waals surface area contributed by atoms with E-state index >= 15 is 0 Å². The van der Waals surface area contributed by atoms with E-state index in [9.17, 15) is 0 Å². The van der Waals surface area contributed by atoms with Crippen LogP contribution in [0.25, 0.3) is 42.4 Å². The van der Waals surface area contributed by atoms with Gasteiger partial charge in [-0.3, -0.25) is 0 Å². The van der Waals surface area contributed by atoms with Gasteiger partial charge in [0.05, 0.1) is 0 Å². The quantitative estimate of drug-likeness (QED) is 0.144. The Labute approximate surface area is 350 Å². The van der Waals surface area contributed by atoms with Gasteiger partial charge >= 0.3 is 0 Å². The maximum Gasteiger partial charge on any atom is 0.0468 e. The Bertz CT molecular complexity index is 2920. The van der Waals surface area contributed by atoms with Gasteiger partial charge in [0.25, 0.3) is 0 Å². The molecule has 0 N–H and O–H groups in total. The van der Waals surface area contributed by atoms with E-state index in [4.69, 9.17) is 0 Å². The van der Waals surface area contributed by atoms with Crippen LogP contribution in [0.15, 0.2) is 200 Å². The SMILES string of the molecule is c1ccc(N(c2ccc(-c3ccc(N(c4ccccc4)c4ccc5sc6ccccc6c5c4)cc3)cc2)c2ccc(-c3ccc(C45CC6CC4CC6C5)cc3)cc2)cc1. The van der Waals surface area contributed by atoms with Crippen LogP contribution in [0.1, 0.15) is 31.2 Å². The van der Waals surface area contributed by atoms with E-state index in [1.165, 1.54) is 68.1 Å². The largest absolute Gasteiger partial charge is 0.311 e. The van der Waals surface area contributed by atoms with E-state index in [0.29, 0.717) is 5.41 Å². The Balaban J connectivity index is 0.822. The van der Waals surface area contributed by atoms with Crippen LogP contribution in [0.3, 0.4) is 0 Å². The van der Waals surface area contributed by atoms with E-state index in [0.717, 1.165) is 51.9 Å². The number of fused-ring (bicyclic) bond motifs is 3. The van der Waals surface area contributed by atoms with Crippen molar-refractivity contribution in [3.8, 4) is 22.3 Å². The molecule has 8 aromatic carbocycles. The molecule has 4 aliphatic carbocycles. The third-order valence-electron chi connectivity index (χ3n) is 14.0. The fourth-order valence-corrected chi connectivity index (χ4v) is 12.4. The summed E-state index contributed by atoms with van der Waals surface area (Å²) in [5, 5.41) is 2.61. The third-order valence-corrected chi connectivity index (χ3v) is 15.2. The van der Waals surface area contributed by atoms with Crippen molar-refractivity contribution in [3.63, 3.8) is 0 Å². The summed E-state index contributed by atoms with van der Waals surface area (Å²) in [5.74, 6) is 2.93. The van der Waals surface area contributed by atoms with Gasteiger partial charge in [0.1, 0.15) is 0 Å². The van der Waals surface area contributed by atoms with Gasteiger partial charge in [-0.15, -0.1) is 11.3 Å². The fraction of sp³-hybridized carbons (Fsp3) is 0.143. The lowest BCUT2D eigenvalue weighted by Crippen LogP contribution is -2.24. The number of thiophene rings is 1. The molecular weight excluding hydrogens is 733 g/mol. The van der Waals surface area contributed by atoms with Crippen molar-refractivity contribution in [1.29, 1.82) is 0 Å². The minimum Gasteiger partial charge on any atom is -0.311 e. The maximum atomic E-state index is 2.45. The molecular formula is C56H44N2S. The first kappa shape index (κ1) is 34.6. The van der Waals surface area contributed by atoms with Gasteiger partial charge < -0.3 is 9.80 Å². The van der Waals surface area contributed by atoms with Crippen molar-refractivity contribution >= 4 is 65.6 Å². The molecule has 284 valence electrons. The second-order valence-electron chi connectivity index (χ2n) is 17.1. The molecule has 2 nitrogen and oxygen atoms in total. The Morgan fingerprint density at radius 1 is 0.373 bits per heavy atom. The maximum absolute atomic E-state index is 2.45. The van der Waals surface area contributed by atoms with Crippen molar-refractivity contribution in [3.05, 3.63) is 206 Å². The molecule has 9 aromatic rings. The number of nitrogens with zero attached hydrogens (tertiary/aromatic N) is 2. The van der Waals surface area contributed by atoms with Gasteiger partial charge in [-0.05, 0) is 162 Å². The minimum absolute atomic E-state index is 0.479. The molecule has 4 aliphatic rings. The molecule has 0 amide bonds. The average molecular weight is 777 g/mol. The highest BCUT2D eigenvalue weighted by atomic mass is 32.1. The third kappa shape index (κ3) is 5.82. The van der Waals surface area contributed by atoms with Crippen LogP contribution in [-0.2, 0) is 5.41 Å². The Kier molecular flexibility index (Phi) is 8.13. The van der Waals surface area contributed by atoms with Crippen LogP contribution >= 0.6 is 11.3 Å². The molecule has 2 unspecified atom stereocenters. The van der Waals surface area contributed by atoms with Crippen molar-refractivity contribution in [2.75, 3.05) is 9.80 Å². The van der Waals surface area contributed by atoms with E-state index in [2.05, 4.69) is 210 Å². The molecule has 0 radical (unpaired) electrons. The van der Waals surface area contributed by atoms with Gasteiger partial charge in [-0.25, -0.2) is 0 Å². The topological polar surface area (TPSA) is 6.48 Å². The van der Waals surface area contributed by atoms with E-state index < -0.39 is 0 Å². The number of para-hydroxylation sites is 2. The number of rotatable bonds is 9. The lowest BCUT2D eigenvalue weighted by Gasteiger charge is -2.29. The van der Waals surface area contributed by atoms with Crippen LogP contribution in [0.4, 0.5) is 34.1 Å². The summed E-state index contributed by atoms with van der Waals surface area (Å²) >= 11 is 1.86. The molecule has 4 saturated carbocycles. The molecule has 0 saturated heterocycles. The summed E-state index contributed by atoms with van der Waals surface area (Å²) in [6.07, 6.45) is 5.81. The average Bonchev–Trinajstić information content (AvgIpc) is 4.13. The first-order valence-electron chi connectivity index (χ1n) is 21.2. The molecule has 0 spiro atoms. The van der Waals surface area contributed by atoms with Crippen molar-refractivity contribution in [2.24, 2.45) is 17.8 Å². The molecule has 2 atom stereocenters. The van der Waals surface area contributed by atoms with Gasteiger partial charge in [0.15, 0.2) is 0 Å². The predicted molar refractivity (Wildman–Crippen MR) is 250 cm³/mol. The van der Waals surface area contributed by atoms with Crippen molar-refractivity contribution in [1.82, 2.24) is 0 Å². The molecule has 1 heterocycles. The Hall–Kier alpha value is -6.42. The number of hydrogen-bond donors (Lipinski definition) is 0. The highest BCUT2D eigenvalue weighted by Gasteiger charge is 2.63. The van der Waals surface area contributed by atoms with Gasteiger partial charge in [0.2, 0.25) is 0 Å². The standard InChI is InChI=1S/C56H44N2S/c1-3-9-46(10-4-1)57(48-25-17-39(18-26-48)38-15-23-44(24-16-38)56-36-42-33-45(56)34-43(42)37-56)49-27-19-40(20-28-49)41-21-29-50(30-22-41)58(47-11-5-2-6-12-47)51-31-32-55-53(35-51)52-13-7-8-14-54(52)59-55/h1-32,35,42-43,45H,33-34,36-37H2. The number of benzene rings is 8. The summed E-state index contributed by atoms with van der Waals surface area (Å²) in [5.41, 5.74) is 13.8. The zero-order chi connectivity index (χ0) is 38.9. The minimum atomic E-state index is 0.479. The first-order valence-corrected chi connectivity index (χ1v) is 22.0. The summed E-state index contributed by atoms with van der Waals surface area (Å²) in [7, 11) is 0. The van der Waals surface area contributed by atoms with Crippen LogP contribution < -0.4 is 9.80 Å². The highest BCUT2D eigenvalue weighted by molar-refractivity contribution is 7.25. The number of anilines is 6. The van der Waals surface area contributed by atoms with Crippen molar-refractivity contribution < 1.29 is 0 Å².